The van der Waals surface area contributed by atoms with Crippen molar-refractivity contribution in [3.63, 3.8) is 0 Å². The number of unbranched alkanes of at least 4 members (excludes halogenated alkanes) is 2. The molecule has 0 aromatic heterocycles. The normalized spacial score (nSPS) is 16.6. The van der Waals surface area contributed by atoms with Gasteiger partial charge in [0, 0.05) is 16.6 Å². The molecule has 2 fully saturated rings. The fourth-order valence-electron chi connectivity index (χ4n) is 9.11. The Morgan fingerprint density at radius 3 is 1.75 bits per heavy atom. The van der Waals surface area contributed by atoms with Crippen LogP contribution < -0.4 is 4.74 Å². The molecular weight excluding hydrogens is 761 g/mol. The SMILES string of the molecule is C=C(C)C(=O)OCCCc1cc(-c2ccc(-c3ccc(C4CCC(CCCCC)CC4)cc3)cc2C2CC2)cc(CCCOC(=O)C(=C)C)c1OCCC(CO)(CO)CCC. The largest absolute Gasteiger partial charge is 0.493 e. The van der Waals surface area contributed by atoms with Gasteiger partial charge in [0.05, 0.1) is 33.0 Å². The van der Waals surface area contributed by atoms with Gasteiger partial charge in [-0.1, -0.05) is 102 Å². The predicted molar refractivity (Wildman–Crippen MR) is 248 cm³/mol. The van der Waals surface area contributed by atoms with Crippen LogP contribution >= 0.6 is 0 Å². The summed E-state index contributed by atoms with van der Waals surface area (Å²) < 4.78 is 17.7. The van der Waals surface area contributed by atoms with Crippen molar-refractivity contribution in [2.75, 3.05) is 33.0 Å². The van der Waals surface area contributed by atoms with Gasteiger partial charge in [0.15, 0.2) is 0 Å². The van der Waals surface area contributed by atoms with Gasteiger partial charge in [-0.25, -0.2) is 9.59 Å². The molecule has 0 heterocycles. The topological polar surface area (TPSA) is 102 Å². The van der Waals surface area contributed by atoms with Gasteiger partial charge in [0.2, 0.25) is 0 Å². The summed E-state index contributed by atoms with van der Waals surface area (Å²) in [5, 5.41) is 20.6. The van der Waals surface area contributed by atoms with E-state index in [-0.39, 0.29) is 26.4 Å². The molecule has 2 saturated carbocycles. The van der Waals surface area contributed by atoms with Gasteiger partial charge in [-0.3, -0.25) is 0 Å². The van der Waals surface area contributed by atoms with E-state index in [1.54, 1.807) is 13.8 Å². The Kier molecular flexibility index (Phi) is 18.7. The third-order valence-corrected chi connectivity index (χ3v) is 13.1. The molecule has 332 valence electrons. The first-order chi connectivity index (χ1) is 29.5. The summed E-state index contributed by atoms with van der Waals surface area (Å²) in [6.45, 7) is 15.7. The van der Waals surface area contributed by atoms with E-state index in [0.29, 0.717) is 68.1 Å². The Bertz CT molecular complexity index is 1840. The first-order valence-corrected chi connectivity index (χ1v) is 23.4. The quantitative estimate of drug-likeness (QED) is 0.0472. The van der Waals surface area contributed by atoms with Crippen molar-refractivity contribution in [1.82, 2.24) is 0 Å². The minimum Gasteiger partial charge on any atom is -0.493 e. The van der Waals surface area contributed by atoms with E-state index in [1.165, 1.54) is 79.2 Å². The monoisotopic (exact) mass is 835 g/mol. The van der Waals surface area contributed by atoms with Crippen LogP contribution in [-0.2, 0) is 31.9 Å². The number of aliphatic hydroxyl groups excluding tert-OH is 2. The summed E-state index contributed by atoms with van der Waals surface area (Å²) in [7, 11) is 0. The summed E-state index contributed by atoms with van der Waals surface area (Å²) in [6, 6.07) is 20.8. The maximum Gasteiger partial charge on any atom is 0.333 e. The van der Waals surface area contributed by atoms with Crippen LogP contribution in [-0.4, -0.2) is 55.2 Å². The second-order valence-electron chi connectivity index (χ2n) is 18.2. The van der Waals surface area contributed by atoms with Gasteiger partial charge < -0.3 is 24.4 Å². The van der Waals surface area contributed by atoms with Crippen LogP contribution in [0.2, 0.25) is 0 Å². The first-order valence-electron chi connectivity index (χ1n) is 23.4. The Morgan fingerprint density at radius 1 is 0.656 bits per heavy atom. The second kappa shape index (κ2) is 23.9. The van der Waals surface area contributed by atoms with Crippen LogP contribution in [0.3, 0.4) is 0 Å². The van der Waals surface area contributed by atoms with Crippen LogP contribution in [0, 0.1) is 11.3 Å². The number of carbonyl (C=O) groups excluding carboxylic acids is 2. The van der Waals surface area contributed by atoms with E-state index in [4.69, 9.17) is 14.2 Å². The van der Waals surface area contributed by atoms with Crippen molar-refractivity contribution >= 4 is 11.9 Å². The molecular formula is C54H74O7. The van der Waals surface area contributed by atoms with E-state index < -0.39 is 17.4 Å². The molecule has 7 nitrogen and oxygen atoms in total. The summed E-state index contributed by atoms with van der Waals surface area (Å²) in [5.41, 5.74) is 9.74. The van der Waals surface area contributed by atoms with E-state index in [9.17, 15) is 19.8 Å². The van der Waals surface area contributed by atoms with Gasteiger partial charge in [-0.15, -0.1) is 0 Å². The van der Waals surface area contributed by atoms with Crippen molar-refractivity contribution in [2.45, 2.75) is 149 Å². The van der Waals surface area contributed by atoms with Crippen LogP contribution in [0.4, 0.5) is 0 Å². The van der Waals surface area contributed by atoms with Crippen molar-refractivity contribution in [2.24, 2.45) is 11.3 Å². The Hall–Kier alpha value is -4.20. The minimum atomic E-state index is -0.628. The van der Waals surface area contributed by atoms with Gasteiger partial charge >= 0.3 is 11.9 Å². The average molecular weight is 835 g/mol. The van der Waals surface area contributed by atoms with Crippen LogP contribution in [0.15, 0.2) is 78.9 Å². The zero-order valence-corrected chi connectivity index (χ0v) is 37.8. The average Bonchev–Trinajstić information content (AvgIpc) is 4.13. The fourth-order valence-corrected chi connectivity index (χ4v) is 9.11. The molecule has 0 radical (unpaired) electrons. The number of hydrogen-bond acceptors (Lipinski definition) is 7. The fraction of sp³-hybridized carbons (Fsp3) is 0.556. The summed E-state index contributed by atoms with van der Waals surface area (Å²) >= 11 is 0. The smallest absolute Gasteiger partial charge is 0.333 e. The Morgan fingerprint density at radius 2 is 1.23 bits per heavy atom. The summed E-state index contributed by atoms with van der Waals surface area (Å²) in [5.74, 6) is 2.02. The molecule has 0 amide bonds. The number of aliphatic hydroxyl groups is 2. The molecule has 61 heavy (non-hydrogen) atoms. The third-order valence-electron chi connectivity index (χ3n) is 13.1. The molecule has 2 aliphatic carbocycles. The van der Waals surface area contributed by atoms with Crippen molar-refractivity contribution in [3.05, 3.63) is 101 Å². The van der Waals surface area contributed by atoms with Gasteiger partial charge in [0.1, 0.15) is 5.75 Å². The Balaban J connectivity index is 1.44. The van der Waals surface area contributed by atoms with E-state index >= 15 is 0 Å². The second-order valence-corrected chi connectivity index (χ2v) is 18.2. The highest BCUT2D eigenvalue weighted by Gasteiger charge is 2.30. The molecule has 0 saturated heterocycles. The molecule has 3 aromatic rings. The molecule has 2 aliphatic rings. The maximum atomic E-state index is 12.2. The van der Waals surface area contributed by atoms with Gasteiger partial charge in [-0.05, 0) is 165 Å². The van der Waals surface area contributed by atoms with E-state index in [0.717, 1.165) is 47.6 Å². The zero-order valence-electron chi connectivity index (χ0n) is 37.8. The number of aryl methyl sites for hydroxylation is 2. The Labute approximate surface area is 367 Å². The van der Waals surface area contributed by atoms with Crippen molar-refractivity contribution in [1.29, 1.82) is 0 Å². The van der Waals surface area contributed by atoms with Crippen molar-refractivity contribution in [3.8, 4) is 28.0 Å². The van der Waals surface area contributed by atoms with Gasteiger partial charge in [-0.2, -0.15) is 0 Å². The number of rotatable bonds is 26. The lowest BCUT2D eigenvalue weighted by Gasteiger charge is -2.30. The molecule has 7 heteroatoms. The summed E-state index contributed by atoms with van der Waals surface area (Å²) in [6.07, 6.45) is 17.5. The highest BCUT2D eigenvalue weighted by Crippen LogP contribution is 2.47. The molecule has 0 bridgehead atoms. The first kappa shape index (κ1) is 47.8. The van der Waals surface area contributed by atoms with E-state index in [2.05, 4.69) is 81.6 Å². The van der Waals surface area contributed by atoms with Crippen LogP contribution in [0.25, 0.3) is 22.3 Å². The minimum absolute atomic E-state index is 0.119. The lowest BCUT2D eigenvalue weighted by atomic mass is 9.77. The maximum absolute atomic E-state index is 12.2. The number of esters is 2. The van der Waals surface area contributed by atoms with E-state index in [1.807, 2.05) is 0 Å². The van der Waals surface area contributed by atoms with Crippen LogP contribution in [0.1, 0.15) is 158 Å². The third kappa shape index (κ3) is 13.9. The predicted octanol–water partition coefficient (Wildman–Crippen LogP) is 12.4. The molecule has 3 aromatic carbocycles. The molecule has 5 rings (SSSR count). The number of ether oxygens (including phenoxy) is 3. The van der Waals surface area contributed by atoms with Crippen LogP contribution in [0.5, 0.6) is 5.75 Å². The van der Waals surface area contributed by atoms with Gasteiger partial charge in [0.25, 0.3) is 0 Å². The lowest BCUT2D eigenvalue weighted by molar-refractivity contribution is -0.139. The molecule has 0 aliphatic heterocycles. The van der Waals surface area contributed by atoms with Crippen molar-refractivity contribution < 1.29 is 34.0 Å². The standard InChI is InChI=1S/C54H74O7/c1-7-9-10-13-40-16-18-41(19-17-40)42-20-22-43(23-21-42)45-26-27-49(50(35-45)44-24-25-44)48-33-46(14-11-30-60-52(57)38(3)4)51(59-32-29-54(36-55,37-56)28-8-2)47(34-48)15-12-31-61-53(58)39(5)6/h20-23,26-27,33-35,40-41,44,55-56H,3,5,7-19,24-25,28-32,36-37H2,1-2,4,6H3. The number of carbonyl (C=O) groups is 2. The number of hydrogen-bond donors (Lipinski definition) is 2. The molecule has 0 spiro atoms. The summed E-state index contributed by atoms with van der Waals surface area (Å²) in [4.78, 5) is 24.5. The number of benzene rings is 3. The lowest BCUT2D eigenvalue weighted by Crippen LogP contribution is -2.31. The molecule has 0 atom stereocenters. The molecule has 2 N–H and O–H groups in total. The molecule has 0 unspecified atom stereocenters. The highest BCUT2D eigenvalue weighted by molar-refractivity contribution is 5.87. The zero-order chi connectivity index (χ0) is 43.8. The highest BCUT2D eigenvalue weighted by atomic mass is 16.5.